The highest BCUT2D eigenvalue weighted by Crippen LogP contribution is 2.23. The minimum Gasteiger partial charge on any atom is -0.408 e. The molecule has 11 heteroatoms. The Kier molecular flexibility index (Phi) is 4.63. The monoisotopic (exact) mass is 440 g/mol. The predicted molar refractivity (Wildman–Crippen MR) is 114 cm³/mol. The van der Waals surface area contributed by atoms with Gasteiger partial charge in [0.2, 0.25) is 10.0 Å². The second kappa shape index (κ2) is 7.36. The molecule has 0 aliphatic carbocycles. The Morgan fingerprint density at radius 3 is 2.45 bits per heavy atom. The van der Waals surface area contributed by atoms with Crippen molar-refractivity contribution in [1.82, 2.24) is 23.8 Å². The number of aryl methyl sites for hydroxylation is 1. The van der Waals surface area contributed by atoms with E-state index in [0.717, 1.165) is 11.6 Å². The molecule has 1 fully saturated rings. The molecule has 4 aromatic rings. The molecule has 1 N–H and O–H groups in total. The lowest BCUT2D eigenvalue weighted by atomic mass is 10.3. The van der Waals surface area contributed by atoms with Crippen molar-refractivity contribution < 1.29 is 12.8 Å². The lowest BCUT2D eigenvalue weighted by Crippen LogP contribution is -2.49. The largest absolute Gasteiger partial charge is 0.417 e. The van der Waals surface area contributed by atoms with E-state index in [1.54, 1.807) is 0 Å². The van der Waals surface area contributed by atoms with Gasteiger partial charge in [0.1, 0.15) is 17.5 Å². The molecule has 1 aliphatic heterocycles. The molecule has 0 radical (unpaired) electrons. The van der Waals surface area contributed by atoms with Gasteiger partial charge in [0, 0.05) is 44.6 Å². The van der Waals surface area contributed by atoms with Gasteiger partial charge in [0.15, 0.2) is 5.58 Å². The molecule has 31 heavy (non-hydrogen) atoms. The van der Waals surface area contributed by atoms with Crippen molar-refractivity contribution in [3.8, 4) is 5.82 Å². The number of nitrogens with one attached hydrogen (secondary N) is 1. The van der Waals surface area contributed by atoms with Crippen LogP contribution in [0.25, 0.3) is 16.9 Å². The van der Waals surface area contributed by atoms with Crippen LogP contribution in [0.5, 0.6) is 0 Å². The van der Waals surface area contributed by atoms with Gasteiger partial charge in [-0.2, -0.15) is 4.31 Å². The first kappa shape index (κ1) is 19.5. The third-order valence-electron chi connectivity index (χ3n) is 5.27. The first-order chi connectivity index (χ1) is 14.9. The number of hydrogen-bond donors (Lipinski definition) is 1. The fourth-order valence-electron chi connectivity index (χ4n) is 3.72. The Morgan fingerprint density at radius 1 is 1.00 bits per heavy atom. The molecule has 5 rings (SSSR count). The molecular weight excluding hydrogens is 420 g/mol. The number of piperazine rings is 1. The van der Waals surface area contributed by atoms with Gasteiger partial charge in [-0.25, -0.2) is 23.2 Å². The molecule has 1 aliphatic rings. The summed E-state index contributed by atoms with van der Waals surface area (Å²) in [6.07, 6.45) is 3.83. The standard InChI is InChI=1S/C20H20N6O4S/c1-14-21-18(24-6-2-3-7-24)13-19(22-14)25-8-10-26(11-9-25)31(28,29)15-4-5-17-16(12-15)23-20(27)30-17/h2-7,12-13H,8-11H2,1H3,(H,23,27). The number of anilines is 1. The summed E-state index contributed by atoms with van der Waals surface area (Å²) in [5, 5.41) is 0. The third kappa shape index (κ3) is 3.62. The fraction of sp³-hybridized carbons (Fsp3) is 0.250. The fourth-order valence-corrected chi connectivity index (χ4v) is 5.17. The molecule has 1 saturated heterocycles. The van der Waals surface area contributed by atoms with Crippen molar-refractivity contribution in [2.45, 2.75) is 11.8 Å². The molecule has 10 nitrogen and oxygen atoms in total. The van der Waals surface area contributed by atoms with Crippen LogP contribution in [0.4, 0.5) is 5.82 Å². The van der Waals surface area contributed by atoms with Gasteiger partial charge in [0.25, 0.3) is 0 Å². The van der Waals surface area contributed by atoms with Crippen LogP contribution in [0.3, 0.4) is 0 Å². The van der Waals surface area contributed by atoms with E-state index in [1.807, 2.05) is 42.1 Å². The summed E-state index contributed by atoms with van der Waals surface area (Å²) in [5.74, 6) is 1.58. The van der Waals surface area contributed by atoms with Crippen molar-refractivity contribution >= 4 is 26.9 Å². The van der Waals surface area contributed by atoms with Crippen molar-refractivity contribution in [2.24, 2.45) is 0 Å². The quantitative estimate of drug-likeness (QED) is 0.511. The third-order valence-corrected chi connectivity index (χ3v) is 7.17. The molecule has 0 saturated carbocycles. The number of sulfonamides is 1. The number of oxazole rings is 1. The zero-order valence-electron chi connectivity index (χ0n) is 16.7. The summed E-state index contributed by atoms with van der Waals surface area (Å²) in [6, 6.07) is 10.1. The average Bonchev–Trinajstić information content (AvgIpc) is 3.42. The molecular formula is C20H20N6O4S. The normalized spacial score (nSPS) is 15.6. The minimum absolute atomic E-state index is 0.123. The van der Waals surface area contributed by atoms with E-state index in [4.69, 9.17) is 4.42 Å². The van der Waals surface area contributed by atoms with Gasteiger partial charge in [-0.3, -0.25) is 4.98 Å². The number of fused-ring (bicyclic) bond motifs is 1. The Morgan fingerprint density at radius 2 is 1.71 bits per heavy atom. The van der Waals surface area contributed by atoms with Gasteiger partial charge >= 0.3 is 5.76 Å². The van der Waals surface area contributed by atoms with Crippen molar-refractivity contribution in [1.29, 1.82) is 0 Å². The Bertz CT molecular complexity index is 1400. The second-order valence-electron chi connectivity index (χ2n) is 7.29. The van der Waals surface area contributed by atoms with Crippen LogP contribution in [0.15, 0.2) is 62.9 Å². The topological polar surface area (TPSA) is 117 Å². The molecule has 1 aromatic carbocycles. The molecule has 0 atom stereocenters. The molecule has 4 heterocycles. The highest BCUT2D eigenvalue weighted by Gasteiger charge is 2.29. The van der Waals surface area contributed by atoms with Gasteiger partial charge < -0.3 is 13.9 Å². The molecule has 0 amide bonds. The number of nitrogens with zero attached hydrogens (tertiary/aromatic N) is 5. The lowest BCUT2D eigenvalue weighted by Gasteiger charge is -2.34. The second-order valence-corrected chi connectivity index (χ2v) is 9.22. The van der Waals surface area contributed by atoms with Crippen LogP contribution in [0.2, 0.25) is 0 Å². The van der Waals surface area contributed by atoms with Crippen LogP contribution in [-0.4, -0.2) is 58.4 Å². The number of aromatic amines is 1. The van der Waals surface area contributed by atoms with Crippen LogP contribution in [0, 0.1) is 6.92 Å². The number of benzene rings is 1. The predicted octanol–water partition coefficient (Wildman–Crippen LogP) is 1.52. The molecule has 0 bridgehead atoms. The Balaban J connectivity index is 1.35. The Hall–Kier alpha value is -3.44. The number of H-pyrrole nitrogens is 1. The van der Waals surface area contributed by atoms with E-state index in [0.29, 0.717) is 43.1 Å². The lowest BCUT2D eigenvalue weighted by molar-refractivity contribution is 0.383. The van der Waals surface area contributed by atoms with Gasteiger partial charge in [-0.1, -0.05) is 0 Å². The smallest absolute Gasteiger partial charge is 0.408 e. The molecule has 160 valence electrons. The van der Waals surface area contributed by atoms with Crippen molar-refractivity contribution in [3.63, 3.8) is 0 Å². The van der Waals surface area contributed by atoms with Crippen LogP contribution in [0.1, 0.15) is 5.82 Å². The summed E-state index contributed by atoms with van der Waals surface area (Å²) in [5.41, 5.74) is 0.685. The maximum Gasteiger partial charge on any atom is 0.417 e. The first-order valence-electron chi connectivity index (χ1n) is 9.77. The van der Waals surface area contributed by atoms with Gasteiger partial charge in [0.05, 0.1) is 10.4 Å². The van der Waals surface area contributed by atoms with E-state index in [9.17, 15) is 13.2 Å². The molecule has 0 unspecified atom stereocenters. The summed E-state index contributed by atoms with van der Waals surface area (Å²) in [6.45, 7) is 3.50. The highest BCUT2D eigenvalue weighted by atomic mass is 32.2. The van der Waals surface area contributed by atoms with Crippen LogP contribution < -0.4 is 10.7 Å². The highest BCUT2D eigenvalue weighted by molar-refractivity contribution is 7.89. The zero-order valence-corrected chi connectivity index (χ0v) is 17.5. The number of hydrogen-bond acceptors (Lipinski definition) is 7. The van der Waals surface area contributed by atoms with Crippen LogP contribution in [-0.2, 0) is 10.0 Å². The molecule has 3 aromatic heterocycles. The minimum atomic E-state index is -3.70. The number of aromatic nitrogens is 4. The Labute approximate surface area is 177 Å². The summed E-state index contributed by atoms with van der Waals surface area (Å²) >= 11 is 0. The first-order valence-corrected chi connectivity index (χ1v) is 11.2. The zero-order chi connectivity index (χ0) is 21.6. The van der Waals surface area contributed by atoms with Gasteiger partial charge in [-0.15, -0.1) is 0 Å². The van der Waals surface area contributed by atoms with Crippen molar-refractivity contribution in [2.75, 3.05) is 31.1 Å². The van der Waals surface area contributed by atoms with E-state index in [2.05, 4.69) is 19.9 Å². The summed E-state index contributed by atoms with van der Waals surface area (Å²) in [7, 11) is -3.70. The van der Waals surface area contributed by atoms with E-state index < -0.39 is 15.8 Å². The SMILES string of the molecule is Cc1nc(N2CCN(S(=O)(=O)c3ccc4oc(=O)[nH]c4c3)CC2)cc(-n2cccc2)n1. The summed E-state index contributed by atoms with van der Waals surface area (Å²) in [4.78, 5) is 25.0. The van der Waals surface area contributed by atoms with Crippen molar-refractivity contribution in [3.05, 3.63) is 65.2 Å². The molecule has 0 spiro atoms. The average molecular weight is 440 g/mol. The van der Waals surface area contributed by atoms with E-state index >= 15 is 0 Å². The van der Waals surface area contributed by atoms with Gasteiger partial charge in [-0.05, 0) is 37.3 Å². The van der Waals surface area contributed by atoms with Crippen LogP contribution >= 0.6 is 0 Å². The van der Waals surface area contributed by atoms with E-state index in [1.165, 1.54) is 22.5 Å². The maximum atomic E-state index is 13.1. The number of rotatable bonds is 4. The van der Waals surface area contributed by atoms with E-state index in [-0.39, 0.29) is 4.90 Å². The summed E-state index contributed by atoms with van der Waals surface area (Å²) < 4.78 is 34.5. The maximum absolute atomic E-state index is 13.1.